The molecule has 0 aromatic carbocycles. The molecule has 0 aromatic rings. The second kappa shape index (κ2) is 7.25. The van der Waals surface area contributed by atoms with Gasteiger partial charge in [0.2, 0.25) is 0 Å². The molecule has 2 heterocycles. The molecule has 3 nitrogen and oxygen atoms in total. The molecule has 2 aliphatic rings. The summed E-state index contributed by atoms with van der Waals surface area (Å²) in [6.45, 7) is 7.62. The fraction of sp³-hybridized carbons (Fsp3) is 1.00. The van der Waals surface area contributed by atoms with Crippen molar-refractivity contribution in [3.05, 3.63) is 0 Å². The Labute approximate surface area is 100.0 Å². The number of nitrogens with zero attached hydrogens (tertiary/aromatic N) is 1. The number of piperidine rings is 1. The van der Waals surface area contributed by atoms with Gasteiger partial charge in [0.1, 0.15) is 0 Å². The Balaban J connectivity index is 1.42. The van der Waals surface area contributed by atoms with Gasteiger partial charge in [-0.1, -0.05) is 0 Å². The van der Waals surface area contributed by atoms with Crippen molar-refractivity contribution < 1.29 is 0 Å². The average Bonchev–Trinajstić information content (AvgIpc) is 2.83. The summed E-state index contributed by atoms with van der Waals surface area (Å²) in [6.07, 6.45) is 8.25. The lowest BCUT2D eigenvalue weighted by Gasteiger charge is -2.24. The molecule has 2 saturated heterocycles. The molecule has 3 heteroatoms. The SMILES string of the molecule is C(CCN1CCCC1)CNC1CCCNC1. The summed E-state index contributed by atoms with van der Waals surface area (Å²) in [6, 6.07) is 0.737. The first kappa shape index (κ1) is 12.3. The highest BCUT2D eigenvalue weighted by atomic mass is 15.1. The molecule has 1 unspecified atom stereocenters. The van der Waals surface area contributed by atoms with E-state index in [0.717, 1.165) is 6.04 Å². The number of unbranched alkanes of at least 4 members (excludes halogenated alkanes) is 1. The Morgan fingerprint density at radius 1 is 1.12 bits per heavy atom. The van der Waals surface area contributed by atoms with Gasteiger partial charge < -0.3 is 15.5 Å². The predicted molar refractivity (Wildman–Crippen MR) is 68.8 cm³/mol. The monoisotopic (exact) mass is 225 g/mol. The molecule has 1 atom stereocenters. The first-order valence-electron chi connectivity index (χ1n) is 7.11. The van der Waals surface area contributed by atoms with Crippen molar-refractivity contribution in [2.75, 3.05) is 39.3 Å². The number of likely N-dealkylation sites (tertiary alicyclic amines) is 1. The fourth-order valence-electron chi connectivity index (χ4n) is 2.80. The topological polar surface area (TPSA) is 27.3 Å². The third kappa shape index (κ3) is 4.40. The molecule has 0 spiro atoms. The zero-order chi connectivity index (χ0) is 11.1. The van der Waals surface area contributed by atoms with E-state index >= 15 is 0 Å². The Bertz CT molecular complexity index is 172. The van der Waals surface area contributed by atoms with Gasteiger partial charge in [0.15, 0.2) is 0 Å². The molecular formula is C13H27N3. The van der Waals surface area contributed by atoms with E-state index in [1.807, 2.05) is 0 Å². The molecule has 2 N–H and O–H groups in total. The van der Waals surface area contributed by atoms with Crippen LogP contribution in [0.15, 0.2) is 0 Å². The minimum atomic E-state index is 0.737. The van der Waals surface area contributed by atoms with E-state index in [0.29, 0.717) is 0 Å². The quantitative estimate of drug-likeness (QED) is 0.665. The maximum absolute atomic E-state index is 3.67. The van der Waals surface area contributed by atoms with Crippen molar-refractivity contribution in [1.29, 1.82) is 0 Å². The maximum atomic E-state index is 3.67. The molecular weight excluding hydrogens is 198 g/mol. The lowest BCUT2D eigenvalue weighted by molar-refractivity contribution is 0.324. The third-order valence-electron chi connectivity index (χ3n) is 3.83. The average molecular weight is 225 g/mol. The van der Waals surface area contributed by atoms with Crippen molar-refractivity contribution in [2.45, 2.75) is 44.6 Å². The molecule has 0 aliphatic carbocycles. The zero-order valence-electron chi connectivity index (χ0n) is 10.5. The molecule has 0 bridgehead atoms. The van der Waals surface area contributed by atoms with Crippen molar-refractivity contribution in [2.24, 2.45) is 0 Å². The molecule has 16 heavy (non-hydrogen) atoms. The molecule has 0 radical (unpaired) electrons. The van der Waals surface area contributed by atoms with Crippen LogP contribution in [-0.2, 0) is 0 Å². The van der Waals surface area contributed by atoms with Gasteiger partial charge in [-0.15, -0.1) is 0 Å². The van der Waals surface area contributed by atoms with Gasteiger partial charge in [0, 0.05) is 12.6 Å². The molecule has 2 rings (SSSR count). The molecule has 0 aromatic heterocycles. The Kier molecular flexibility index (Phi) is 5.59. The van der Waals surface area contributed by atoms with Crippen LogP contribution in [-0.4, -0.2) is 50.2 Å². The van der Waals surface area contributed by atoms with E-state index in [2.05, 4.69) is 15.5 Å². The number of hydrogen-bond donors (Lipinski definition) is 2. The second-order valence-electron chi connectivity index (χ2n) is 5.25. The van der Waals surface area contributed by atoms with E-state index in [1.54, 1.807) is 0 Å². The van der Waals surface area contributed by atoms with Gasteiger partial charge in [-0.05, 0) is 71.2 Å². The van der Waals surface area contributed by atoms with Gasteiger partial charge in [-0.3, -0.25) is 0 Å². The van der Waals surface area contributed by atoms with E-state index in [1.165, 1.54) is 77.8 Å². The minimum Gasteiger partial charge on any atom is -0.315 e. The summed E-state index contributed by atoms with van der Waals surface area (Å²) in [7, 11) is 0. The molecule has 2 fully saturated rings. The molecule has 94 valence electrons. The lowest BCUT2D eigenvalue weighted by Crippen LogP contribution is -2.43. The maximum Gasteiger partial charge on any atom is 0.0192 e. The van der Waals surface area contributed by atoms with Crippen LogP contribution in [0.25, 0.3) is 0 Å². The van der Waals surface area contributed by atoms with Crippen molar-refractivity contribution in [3.8, 4) is 0 Å². The second-order valence-corrected chi connectivity index (χ2v) is 5.25. The minimum absolute atomic E-state index is 0.737. The van der Waals surface area contributed by atoms with Crippen LogP contribution >= 0.6 is 0 Å². The normalized spacial score (nSPS) is 27.4. The third-order valence-corrected chi connectivity index (χ3v) is 3.83. The Morgan fingerprint density at radius 3 is 2.75 bits per heavy atom. The van der Waals surface area contributed by atoms with Crippen LogP contribution in [0.1, 0.15) is 38.5 Å². The predicted octanol–water partition coefficient (Wildman–Crippen LogP) is 1.20. The highest BCUT2D eigenvalue weighted by Gasteiger charge is 2.12. The summed E-state index contributed by atoms with van der Waals surface area (Å²) >= 11 is 0. The van der Waals surface area contributed by atoms with E-state index in [-0.39, 0.29) is 0 Å². The van der Waals surface area contributed by atoms with Crippen LogP contribution in [0.5, 0.6) is 0 Å². The van der Waals surface area contributed by atoms with Crippen molar-refractivity contribution in [3.63, 3.8) is 0 Å². The van der Waals surface area contributed by atoms with Crippen LogP contribution in [0.4, 0.5) is 0 Å². The standard InChI is InChI=1S/C13H27N3/c1(2-9-16-10-3-4-11-16)8-15-13-6-5-7-14-12-13/h13-15H,1-12H2. The van der Waals surface area contributed by atoms with E-state index < -0.39 is 0 Å². The zero-order valence-corrected chi connectivity index (χ0v) is 10.5. The van der Waals surface area contributed by atoms with Crippen LogP contribution in [0, 0.1) is 0 Å². The Morgan fingerprint density at radius 2 is 2.00 bits per heavy atom. The van der Waals surface area contributed by atoms with Gasteiger partial charge in [0.25, 0.3) is 0 Å². The van der Waals surface area contributed by atoms with E-state index in [4.69, 9.17) is 0 Å². The van der Waals surface area contributed by atoms with Gasteiger partial charge in [0.05, 0.1) is 0 Å². The summed E-state index contributed by atoms with van der Waals surface area (Å²) in [5.41, 5.74) is 0. The van der Waals surface area contributed by atoms with Crippen LogP contribution in [0.3, 0.4) is 0 Å². The number of rotatable bonds is 6. The molecule has 0 amide bonds. The fourth-order valence-corrected chi connectivity index (χ4v) is 2.80. The summed E-state index contributed by atoms with van der Waals surface area (Å²) in [4.78, 5) is 2.61. The highest BCUT2D eigenvalue weighted by molar-refractivity contribution is 4.74. The first-order valence-corrected chi connectivity index (χ1v) is 7.11. The van der Waals surface area contributed by atoms with Crippen molar-refractivity contribution in [1.82, 2.24) is 15.5 Å². The van der Waals surface area contributed by atoms with Gasteiger partial charge in [-0.25, -0.2) is 0 Å². The smallest absolute Gasteiger partial charge is 0.0192 e. The number of nitrogens with one attached hydrogen (secondary N) is 2. The van der Waals surface area contributed by atoms with Crippen LogP contribution in [0.2, 0.25) is 0 Å². The largest absolute Gasteiger partial charge is 0.315 e. The van der Waals surface area contributed by atoms with Crippen molar-refractivity contribution >= 4 is 0 Å². The lowest BCUT2D eigenvalue weighted by atomic mass is 10.1. The molecule has 0 saturated carbocycles. The Hall–Kier alpha value is -0.120. The van der Waals surface area contributed by atoms with Gasteiger partial charge >= 0.3 is 0 Å². The molecule has 2 aliphatic heterocycles. The first-order chi connectivity index (χ1) is 7.95. The number of hydrogen-bond acceptors (Lipinski definition) is 3. The van der Waals surface area contributed by atoms with Crippen LogP contribution < -0.4 is 10.6 Å². The highest BCUT2D eigenvalue weighted by Crippen LogP contribution is 2.08. The summed E-state index contributed by atoms with van der Waals surface area (Å²) in [5, 5.41) is 7.12. The summed E-state index contributed by atoms with van der Waals surface area (Å²) in [5.74, 6) is 0. The van der Waals surface area contributed by atoms with Gasteiger partial charge in [-0.2, -0.15) is 0 Å². The van der Waals surface area contributed by atoms with E-state index in [9.17, 15) is 0 Å². The summed E-state index contributed by atoms with van der Waals surface area (Å²) < 4.78 is 0.